The lowest BCUT2D eigenvalue weighted by atomic mass is 9.99. The van der Waals surface area contributed by atoms with Crippen LogP contribution in [0.25, 0.3) is 0 Å². The lowest BCUT2D eigenvalue weighted by molar-refractivity contribution is 0.0303. The molecule has 140 valence electrons. The predicted octanol–water partition coefficient (Wildman–Crippen LogP) is 1.12. The summed E-state index contributed by atoms with van der Waals surface area (Å²) in [6.07, 6.45) is 2.44. The highest BCUT2D eigenvalue weighted by Crippen LogP contribution is 2.30. The Labute approximate surface area is 151 Å². The van der Waals surface area contributed by atoms with E-state index in [0.29, 0.717) is 26.3 Å². The van der Waals surface area contributed by atoms with Gasteiger partial charge >= 0.3 is 0 Å². The zero-order chi connectivity index (χ0) is 18.4. The predicted molar refractivity (Wildman–Crippen MR) is 97.2 cm³/mol. The maximum atomic E-state index is 13.0. The molecule has 7 nitrogen and oxygen atoms in total. The maximum Gasteiger partial charge on any atom is 0.256 e. The van der Waals surface area contributed by atoms with Gasteiger partial charge in [-0.3, -0.25) is 14.1 Å². The molecule has 1 amide bonds. The van der Waals surface area contributed by atoms with Crippen molar-refractivity contribution >= 4 is 22.9 Å². The Hall–Kier alpha value is -1.48. The highest BCUT2D eigenvalue weighted by Gasteiger charge is 2.26. The van der Waals surface area contributed by atoms with E-state index in [0.717, 1.165) is 29.9 Å². The van der Waals surface area contributed by atoms with Crippen molar-refractivity contribution < 1.29 is 18.3 Å². The van der Waals surface area contributed by atoms with Crippen LogP contribution >= 0.6 is 0 Å². The van der Waals surface area contributed by atoms with Crippen LogP contribution in [0, 0.1) is 13.8 Å². The molecule has 2 heterocycles. The minimum Gasteiger partial charge on any atom is -0.760 e. The zero-order valence-electron chi connectivity index (χ0n) is 14.8. The normalized spacial score (nSPS) is 18.6. The van der Waals surface area contributed by atoms with Gasteiger partial charge in [0.05, 0.1) is 18.8 Å². The maximum absolute atomic E-state index is 13.0. The number of benzene rings is 1. The van der Waals surface area contributed by atoms with Crippen LogP contribution < -0.4 is 10.0 Å². The second kappa shape index (κ2) is 9.28. The van der Waals surface area contributed by atoms with E-state index in [9.17, 15) is 4.79 Å². The summed E-state index contributed by atoms with van der Waals surface area (Å²) in [6, 6.07) is 4.26. The van der Waals surface area contributed by atoms with Gasteiger partial charge in [-0.05, 0) is 43.9 Å². The number of rotatable bonds is 2. The first kappa shape index (κ1) is 19.8. The van der Waals surface area contributed by atoms with Gasteiger partial charge in [0.1, 0.15) is 0 Å². The van der Waals surface area contributed by atoms with Gasteiger partial charge in [0.25, 0.3) is 5.91 Å². The molecule has 2 saturated heterocycles. The lowest BCUT2D eigenvalue weighted by Crippen LogP contribution is -2.41. The summed E-state index contributed by atoms with van der Waals surface area (Å²) < 4.78 is 22.9. The Kier molecular flexibility index (Phi) is 7.37. The van der Waals surface area contributed by atoms with Crippen molar-refractivity contribution in [1.82, 2.24) is 4.90 Å². The molecule has 0 aromatic heterocycles. The molecule has 1 aromatic rings. The molecular weight excluding hydrogens is 342 g/mol. The van der Waals surface area contributed by atoms with Gasteiger partial charge < -0.3 is 19.1 Å². The number of carbonyl (C=O) groups is 1. The summed E-state index contributed by atoms with van der Waals surface area (Å²) in [5.74, 6) is 0.168. The van der Waals surface area contributed by atoms with Crippen LogP contribution in [-0.2, 0) is 16.0 Å². The Morgan fingerprint density at radius 2 is 1.72 bits per heavy atom. The Balaban J connectivity index is 0.000000511. The van der Waals surface area contributed by atoms with Gasteiger partial charge in [-0.2, -0.15) is 0 Å². The van der Waals surface area contributed by atoms with Gasteiger partial charge in [0.15, 0.2) is 0 Å². The summed E-state index contributed by atoms with van der Waals surface area (Å²) in [7, 11) is 0. The first-order valence-corrected chi connectivity index (χ1v) is 9.61. The number of nitrogens with zero attached hydrogens (tertiary/aromatic N) is 2. The highest BCUT2D eigenvalue weighted by molar-refractivity contribution is 7.76. The number of carbonyl (C=O) groups excluding carboxylic acids is 1. The van der Waals surface area contributed by atoms with Crippen molar-refractivity contribution in [2.45, 2.75) is 26.7 Å². The number of anilines is 1. The SMILES string of the molecule is Cc1ccc(N2CCCC2)c(C(=O)N2CCOCC2)c1C.NS(=O)[O-]. The molecular formula is C17H26N3O4S-. The molecule has 8 heteroatoms. The van der Waals surface area contributed by atoms with Gasteiger partial charge in [0.2, 0.25) is 0 Å². The van der Waals surface area contributed by atoms with Crippen LogP contribution in [0.15, 0.2) is 12.1 Å². The Morgan fingerprint density at radius 3 is 2.28 bits per heavy atom. The molecule has 1 atom stereocenters. The molecule has 1 unspecified atom stereocenters. The van der Waals surface area contributed by atoms with E-state index >= 15 is 0 Å². The number of hydrogen-bond acceptors (Lipinski definition) is 5. The Bertz CT molecular complexity index is 623. The second-order valence-corrected chi connectivity index (χ2v) is 6.78. The summed E-state index contributed by atoms with van der Waals surface area (Å²) in [6.45, 7) is 8.97. The third-order valence-corrected chi connectivity index (χ3v) is 4.67. The molecule has 0 saturated carbocycles. The molecule has 25 heavy (non-hydrogen) atoms. The van der Waals surface area contributed by atoms with E-state index in [-0.39, 0.29) is 5.91 Å². The number of amides is 1. The van der Waals surface area contributed by atoms with Gasteiger partial charge in [-0.15, -0.1) is 0 Å². The van der Waals surface area contributed by atoms with E-state index in [1.807, 2.05) is 4.90 Å². The molecule has 1 aromatic carbocycles. The molecule has 3 rings (SSSR count). The third kappa shape index (κ3) is 5.24. The topological polar surface area (TPSA) is 98.9 Å². The van der Waals surface area contributed by atoms with Crippen molar-refractivity contribution in [3.63, 3.8) is 0 Å². The van der Waals surface area contributed by atoms with Gasteiger partial charge in [-0.25, -0.2) is 0 Å². The average molecular weight is 368 g/mol. The summed E-state index contributed by atoms with van der Waals surface area (Å²) in [4.78, 5) is 17.3. The average Bonchev–Trinajstić information content (AvgIpc) is 3.11. The van der Waals surface area contributed by atoms with Gasteiger partial charge in [0, 0.05) is 43.1 Å². The van der Waals surface area contributed by atoms with E-state index in [2.05, 4.69) is 36.0 Å². The van der Waals surface area contributed by atoms with Crippen molar-refractivity contribution in [3.05, 3.63) is 28.8 Å². The Morgan fingerprint density at radius 1 is 1.16 bits per heavy atom. The van der Waals surface area contributed by atoms with Crippen molar-refractivity contribution in [1.29, 1.82) is 0 Å². The molecule has 2 N–H and O–H groups in total. The first-order chi connectivity index (χ1) is 11.9. The minimum absolute atomic E-state index is 0.168. The van der Waals surface area contributed by atoms with E-state index in [1.165, 1.54) is 18.4 Å². The number of hydrogen-bond donors (Lipinski definition) is 1. The van der Waals surface area contributed by atoms with E-state index in [4.69, 9.17) is 13.5 Å². The van der Waals surface area contributed by atoms with Crippen molar-refractivity contribution in [2.24, 2.45) is 5.14 Å². The minimum atomic E-state index is -2.36. The lowest BCUT2D eigenvalue weighted by Gasteiger charge is -2.30. The molecule has 0 aliphatic carbocycles. The molecule has 2 aliphatic rings. The number of ether oxygens (including phenoxy) is 1. The largest absolute Gasteiger partial charge is 0.760 e. The molecule has 2 fully saturated rings. The first-order valence-electron chi connectivity index (χ1n) is 8.47. The second-order valence-electron chi connectivity index (χ2n) is 6.26. The highest BCUT2D eigenvalue weighted by atomic mass is 32.2. The van der Waals surface area contributed by atoms with Crippen molar-refractivity contribution in [2.75, 3.05) is 44.3 Å². The van der Waals surface area contributed by atoms with E-state index in [1.54, 1.807) is 0 Å². The summed E-state index contributed by atoms with van der Waals surface area (Å²) in [5.41, 5.74) is 4.33. The van der Waals surface area contributed by atoms with Crippen molar-refractivity contribution in [3.8, 4) is 0 Å². The van der Waals surface area contributed by atoms with E-state index < -0.39 is 11.3 Å². The van der Waals surface area contributed by atoms with Crippen LogP contribution in [0.5, 0.6) is 0 Å². The molecule has 0 radical (unpaired) electrons. The van der Waals surface area contributed by atoms with Gasteiger partial charge in [-0.1, -0.05) is 6.07 Å². The molecule has 0 bridgehead atoms. The van der Waals surface area contributed by atoms with Crippen LogP contribution in [0.4, 0.5) is 5.69 Å². The number of morpholine rings is 1. The fourth-order valence-electron chi connectivity index (χ4n) is 3.22. The fraction of sp³-hybridized carbons (Fsp3) is 0.588. The van der Waals surface area contributed by atoms with Crippen LogP contribution in [0.1, 0.15) is 34.3 Å². The van der Waals surface area contributed by atoms with Crippen LogP contribution in [0.2, 0.25) is 0 Å². The molecule has 2 aliphatic heterocycles. The number of nitrogens with two attached hydrogens (primary N) is 1. The molecule has 0 spiro atoms. The summed E-state index contributed by atoms with van der Waals surface area (Å²) >= 11 is -2.36. The standard InChI is InChI=1S/C17H24N2O2.H3NO2S/c1-13-5-6-15(18-7-3-4-8-18)16(14(13)2)17(20)19-9-11-21-12-10-19;1-4(2)3/h5-6H,3-4,7-12H2,1-2H3;1H2,(H,2,3)/p-1. The van der Waals surface area contributed by atoms with Crippen LogP contribution in [0.3, 0.4) is 0 Å². The quantitative estimate of drug-likeness (QED) is 0.789. The smallest absolute Gasteiger partial charge is 0.256 e. The van der Waals surface area contributed by atoms with Crippen LogP contribution in [-0.4, -0.2) is 59.0 Å². The summed E-state index contributed by atoms with van der Waals surface area (Å²) in [5, 5.41) is 4.03. The monoisotopic (exact) mass is 368 g/mol. The fourth-order valence-corrected chi connectivity index (χ4v) is 3.22. The zero-order valence-corrected chi connectivity index (χ0v) is 15.6. The number of aryl methyl sites for hydroxylation is 1. The third-order valence-electron chi connectivity index (χ3n) is 4.67.